The van der Waals surface area contributed by atoms with E-state index in [9.17, 15) is 14.7 Å². The highest BCUT2D eigenvalue weighted by Gasteiger charge is 2.54. The molecule has 9 heteroatoms. The van der Waals surface area contributed by atoms with Crippen molar-refractivity contribution >= 4 is 28.3 Å². The lowest BCUT2D eigenvalue weighted by atomic mass is 9.53. The van der Waals surface area contributed by atoms with Crippen LogP contribution >= 0.6 is 11.3 Å². The zero-order valence-electron chi connectivity index (χ0n) is 22.2. The minimum absolute atomic E-state index is 0.00483. The standard InChI is InChI=1S/C28H37N3O5S/c1-6-31(7-2)26(34)15(3)18-10-11-28(5)13-21-23(16(4)22(28)24(18)32)29-27(37-21)30-25(33)17-8-9-19-20(12-17)36-14-35-19/h8-9,12,15-16,18,22,24,32H,6-7,10-11,13-14H2,1-5H3,(H,29,30,33)/t15-,16-,18+,22+,24-,28+/m0/s1. The molecule has 0 bridgehead atoms. The number of nitrogens with one attached hydrogen (secondary N) is 1. The minimum atomic E-state index is -0.579. The van der Waals surface area contributed by atoms with E-state index in [1.807, 2.05) is 25.7 Å². The zero-order valence-corrected chi connectivity index (χ0v) is 23.1. The molecule has 0 spiro atoms. The van der Waals surface area contributed by atoms with Gasteiger partial charge in [-0.25, -0.2) is 4.98 Å². The third-order valence-corrected chi connectivity index (χ3v) is 9.87. The molecule has 2 heterocycles. The molecule has 1 saturated carbocycles. The van der Waals surface area contributed by atoms with Gasteiger partial charge in [0, 0.05) is 35.4 Å². The van der Waals surface area contributed by atoms with Crippen molar-refractivity contribution in [3.63, 3.8) is 0 Å². The van der Waals surface area contributed by atoms with Crippen LogP contribution in [0.5, 0.6) is 11.5 Å². The first-order valence-corrected chi connectivity index (χ1v) is 14.2. The number of carbonyl (C=O) groups is 2. The monoisotopic (exact) mass is 527 g/mol. The van der Waals surface area contributed by atoms with Crippen molar-refractivity contribution in [1.29, 1.82) is 0 Å². The Bertz CT molecular complexity index is 1190. The maximum atomic E-state index is 13.1. The molecular formula is C28H37N3O5S. The molecule has 2 aromatic rings. The lowest BCUT2D eigenvalue weighted by Gasteiger charge is -2.53. The van der Waals surface area contributed by atoms with Crippen molar-refractivity contribution in [3.05, 3.63) is 34.3 Å². The van der Waals surface area contributed by atoms with Crippen molar-refractivity contribution in [1.82, 2.24) is 9.88 Å². The fraction of sp³-hybridized carbons (Fsp3) is 0.607. The van der Waals surface area contributed by atoms with Crippen molar-refractivity contribution in [3.8, 4) is 11.5 Å². The average molecular weight is 528 g/mol. The fourth-order valence-electron chi connectivity index (χ4n) is 6.81. The lowest BCUT2D eigenvalue weighted by molar-refractivity contribution is -0.144. The van der Waals surface area contributed by atoms with Gasteiger partial charge in [-0.05, 0) is 68.6 Å². The smallest absolute Gasteiger partial charge is 0.257 e. The van der Waals surface area contributed by atoms with Gasteiger partial charge in [-0.3, -0.25) is 14.9 Å². The highest BCUT2D eigenvalue weighted by atomic mass is 32.1. The molecule has 37 heavy (non-hydrogen) atoms. The van der Waals surface area contributed by atoms with Crippen LogP contribution in [0.1, 0.15) is 74.3 Å². The Morgan fingerprint density at radius 3 is 2.73 bits per heavy atom. The molecule has 200 valence electrons. The number of hydrogen-bond acceptors (Lipinski definition) is 7. The number of benzene rings is 1. The van der Waals surface area contributed by atoms with E-state index in [0.717, 1.165) is 25.0 Å². The normalized spacial score (nSPS) is 28.7. The number of amides is 2. The van der Waals surface area contributed by atoms with Crippen LogP contribution < -0.4 is 14.8 Å². The molecule has 1 fully saturated rings. The summed E-state index contributed by atoms with van der Waals surface area (Å²) in [5.74, 6) is 0.817. The van der Waals surface area contributed by atoms with Crippen LogP contribution in [0.15, 0.2) is 18.2 Å². The number of aromatic nitrogens is 1. The SMILES string of the molecule is CCN(CC)C(=O)[C@@H](C)[C@H]1CC[C@]2(C)Cc3sc(NC(=O)c4ccc5c(c4)OCO5)nc3[C@@H](C)[C@@H]2[C@H]1O. The van der Waals surface area contributed by atoms with Crippen molar-refractivity contribution in [2.45, 2.75) is 65.9 Å². The number of anilines is 1. The third kappa shape index (κ3) is 4.50. The van der Waals surface area contributed by atoms with Gasteiger partial charge in [0.1, 0.15) is 0 Å². The van der Waals surface area contributed by atoms with Crippen LogP contribution in [0.3, 0.4) is 0 Å². The van der Waals surface area contributed by atoms with Crippen LogP contribution in [0.2, 0.25) is 0 Å². The first-order chi connectivity index (χ1) is 17.7. The maximum Gasteiger partial charge on any atom is 0.257 e. The van der Waals surface area contributed by atoms with E-state index >= 15 is 0 Å². The number of aliphatic hydroxyl groups excluding tert-OH is 1. The summed E-state index contributed by atoms with van der Waals surface area (Å²) < 4.78 is 10.7. The number of thiazole rings is 1. The molecule has 1 aromatic heterocycles. The Balaban J connectivity index is 1.34. The molecule has 2 amide bonds. The molecule has 3 aliphatic rings. The predicted molar refractivity (Wildman–Crippen MR) is 142 cm³/mol. The molecule has 5 rings (SSSR count). The molecule has 2 aliphatic carbocycles. The number of nitrogens with zero attached hydrogens (tertiary/aromatic N) is 2. The first-order valence-electron chi connectivity index (χ1n) is 13.3. The molecule has 0 unspecified atom stereocenters. The van der Waals surface area contributed by atoms with Crippen LogP contribution in [-0.2, 0) is 11.2 Å². The van der Waals surface area contributed by atoms with E-state index in [4.69, 9.17) is 14.5 Å². The highest BCUT2D eigenvalue weighted by molar-refractivity contribution is 7.15. The molecule has 0 radical (unpaired) electrons. The van der Waals surface area contributed by atoms with E-state index in [1.54, 1.807) is 18.2 Å². The number of ether oxygens (including phenoxy) is 2. The van der Waals surface area contributed by atoms with Gasteiger partial charge in [-0.1, -0.05) is 20.8 Å². The number of aliphatic hydroxyl groups is 1. The molecule has 1 aromatic carbocycles. The van der Waals surface area contributed by atoms with E-state index in [2.05, 4.69) is 19.2 Å². The summed E-state index contributed by atoms with van der Waals surface area (Å²) in [7, 11) is 0. The largest absolute Gasteiger partial charge is 0.454 e. The third-order valence-electron chi connectivity index (χ3n) is 8.88. The van der Waals surface area contributed by atoms with Gasteiger partial charge in [0.2, 0.25) is 12.7 Å². The quantitative estimate of drug-likeness (QED) is 0.566. The highest BCUT2D eigenvalue weighted by Crippen LogP contribution is 2.57. The van der Waals surface area contributed by atoms with Gasteiger partial charge in [0.05, 0.1) is 11.8 Å². The molecule has 6 atom stereocenters. The summed E-state index contributed by atoms with van der Waals surface area (Å²) in [6.07, 6.45) is 2.02. The summed E-state index contributed by atoms with van der Waals surface area (Å²) in [6, 6.07) is 5.13. The Labute approximate surface area is 222 Å². The second-order valence-electron chi connectivity index (χ2n) is 11.0. The van der Waals surface area contributed by atoms with Crippen molar-refractivity contribution in [2.75, 3.05) is 25.2 Å². The summed E-state index contributed by atoms with van der Waals surface area (Å²) in [5, 5.41) is 15.2. The van der Waals surface area contributed by atoms with Gasteiger partial charge in [-0.2, -0.15) is 0 Å². The number of carbonyl (C=O) groups excluding carboxylic acids is 2. The minimum Gasteiger partial charge on any atom is -0.454 e. The summed E-state index contributed by atoms with van der Waals surface area (Å²) in [6.45, 7) is 11.9. The Kier molecular flexibility index (Phi) is 6.96. The summed E-state index contributed by atoms with van der Waals surface area (Å²) in [5.41, 5.74) is 1.36. The van der Waals surface area contributed by atoms with Gasteiger partial charge in [-0.15, -0.1) is 11.3 Å². The van der Waals surface area contributed by atoms with E-state index in [0.29, 0.717) is 35.3 Å². The van der Waals surface area contributed by atoms with Crippen molar-refractivity contribution in [2.24, 2.45) is 23.2 Å². The first kappa shape index (κ1) is 26.0. The van der Waals surface area contributed by atoms with Crippen LogP contribution in [-0.4, -0.2) is 52.8 Å². The van der Waals surface area contributed by atoms with Crippen molar-refractivity contribution < 1.29 is 24.2 Å². The predicted octanol–water partition coefficient (Wildman–Crippen LogP) is 4.68. The number of fused-ring (bicyclic) bond motifs is 3. The number of hydrogen-bond donors (Lipinski definition) is 2. The molecule has 8 nitrogen and oxygen atoms in total. The topological polar surface area (TPSA) is 101 Å². The number of rotatable bonds is 6. The Morgan fingerprint density at radius 2 is 2.00 bits per heavy atom. The van der Waals surface area contributed by atoms with Gasteiger partial charge in [0.25, 0.3) is 5.91 Å². The van der Waals surface area contributed by atoms with Crippen LogP contribution in [0, 0.1) is 23.2 Å². The summed E-state index contributed by atoms with van der Waals surface area (Å²) in [4.78, 5) is 33.9. The molecular weight excluding hydrogens is 490 g/mol. The summed E-state index contributed by atoms with van der Waals surface area (Å²) >= 11 is 1.52. The van der Waals surface area contributed by atoms with Gasteiger partial charge >= 0.3 is 0 Å². The van der Waals surface area contributed by atoms with E-state index in [-0.39, 0.29) is 47.7 Å². The van der Waals surface area contributed by atoms with Gasteiger partial charge in [0.15, 0.2) is 16.6 Å². The fourth-order valence-corrected chi connectivity index (χ4v) is 8.07. The zero-order chi connectivity index (χ0) is 26.5. The van der Waals surface area contributed by atoms with Crippen LogP contribution in [0.4, 0.5) is 5.13 Å². The molecule has 0 saturated heterocycles. The lowest BCUT2D eigenvalue weighted by Crippen LogP contribution is -2.53. The second kappa shape index (κ2) is 9.91. The Morgan fingerprint density at radius 1 is 1.27 bits per heavy atom. The van der Waals surface area contributed by atoms with Crippen LogP contribution in [0.25, 0.3) is 0 Å². The molecule has 2 N–H and O–H groups in total. The molecule has 1 aliphatic heterocycles. The Hall–Kier alpha value is -2.65. The van der Waals surface area contributed by atoms with E-state index < -0.39 is 6.10 Å². The van der Waals surface area contributed by atoms with E-state index in [1.165, 1.54) is 16.2 Å². The van der Waals surface area contributed by atoms with Gasteiger partial charge < -0.3 is 19.5 Å². The second-order valence-corrected chi connectivity index (χ2v) is 12.1. The maximum absolute atomic E-state index is 13.1. The average Bonchev–Trinajstić information content (AvgIpc) is 3.50.